The average Bonchev–Trinajstić information content (AvgIpc) is 2.46. The summed E-state index contributed by atoms with van der Waals surface area (Å²) >= 11 is 0. The first-order valence-electron chi connectivity index (χ1n) is 5.50. The van der Waals surface area contributed by atoms with Gasteiger partial charge in [0.25, 0.3) is 0 Å². The predicted octanol–water partition coefficient (Wildman–Crippen LogP) is 1.10. The van der Waals surface area contributed by atoms with Crippen LogP contribution in [0.1, 0.15) is 33.6 Å². The van der Waals surface area contributed by atoms with Crippen LogP contribution in [0.25, 0.3) is 0 Å². The van der Waals surface area contributed by atoms with Gasteiger partial charge in [0.15, 0.2) is 0 Å². The maximum Gasteiger partial charge on any atom is 0.328 e. The number of nitrogens with one attached hydrogen (secondary N) is 1. The minimum absolute atomic E-state index is 0.0429. The van der Waals surface area contributed by atoms with E-state index in [1.165, 1.54) is 0 Å². The van der Waals surface area contributed by atoms with Gasteiger partial charge in [-0.2, -0.15) is 0 Å². The van der Waals surface area contributed by atoms with Crippen LogP contribution >= 0.6 is 0 Å². The van der Waals surface area contributed by atoms with Crippen molar-refractivity contribution in [1.82, 2.24) is 5.32 Å². The molecule has 0 radical (unpaired) electrons. The van der Waals surface area contributed by atoms with Crippen molar-refractivity contribution in [2.24, 2.45) is 11.8 Å². The molecule has 0 bridgehead atoms. The fraction of sp³-hybridized carbons (Fsp3) is 0.818. The van der Waals surface area contributed by atoms with Gasteiger partial charge in [0, 0.05) is 6.42 Å². The van der Waals surface area contributed by atoms with E-state index in [-0.39, 0.29) is 17.8 Å². The minimum Gasteiger partial charge on any atom is -0.464 e. The standard InChI is InChI=1S/C11H19NO3/c1-4-15-11(14)10-8(5-7(2)3)6-9(13)12-10/h7-8,10H,4-6H2,1-3H3,(H,12,13). The number of amides is 1. The maximum absolute atomic E-state index is 11.5. The summed E-state index contributed by atoms with van der Waals surface area (Å²) in [6, 6.07) is -0.431. The third-order valence-corrected chi connectivity index (χ3v) is 2.55. The Morgan fingerprint density at radius 3 is 2.80 bits per heavy atom. The number of ether oxygens (including phenoxy) is 1. The van der Waals surface area contributed by atoms with Crippen molar-refractivity contribution < 1.29 is 14.3 Å². The number of carbonyl (C=O) groups is 2. The van der Waals surface area contributed by atoms with Crippen LogP contribution in [0.3, 0.4) is 0 Å². The number of esters is 1. The van der Waals surface area contributed by atoms with Gasteiger partial charge >= 0.3 is 5.97 Å². The highest BCUT2D eigenvalue weighted by atomic mass is 16.5. The molecule has 1 amide bonds. The van der Waals surface area contributed by atoms with Gasteiger partial charge in [-0.15, -0.1) is 0 Å². The molecule has 1 saturated heterocycles. The molecule has 0 aromatic rings. The molecule has 0 aromatic heterocycles. The normalized spacial score (nSPS) is 25.5. The number of hydrogen-bond acceptors (Lipinski definition) is 3. The Hall–Kier alpha value is -1.06. The Morgan fingerprint density at radius 1 is 1.60 bits per heavy atom. The average molecular weight is 213 g/mol. The predicted molar refractivity (Wildman–Crippen MR) is 56.1 cm³/mol. The van der Waals surface area contributed by atoms with Crippen LogP contribution in [-0.4, -0.2) is 24.5 Å². The fourth-order valence-electron chi connectivity index (χ4n) is 2.01. The van der Waals surface area contributed by atoms with Crippen molar-refractivity contribution in [1.29, 1.82) is 0 Å². The lowest BCUT2D eigenvalue weighted by molar-refractivity contribution is -0.147. The molecule has 2 atom stereocenters. The third-order valence-electron chi connectivity index (χ3n) is 2.55. The Labute approximate surface area is 90.4 Å². The van der Waals surface area contributed by atoms with Crippen molar-refractivity contribution in [3.63, 3.8) is 0 Å². The van der Waals surface area contributed by atoms with Gasteiger partial charge in [0.2, 0.25) is 5.91 Å². The van der Waals surface area contributed by atoms with E-state index in [0.29, 0.717) is 18.9 Å². The molecule has 0 saturated carbocycles. The van der Waals surface area contributed by atoms with Crippen LogP contribution in [-0.2, 0) is 14.3 Å². The van der Waals surface area contributed by atoms with Gasteiger partial charge < -0.3 is 10.1 Å². The number of hydrogen-bond donors (Lipinski definition) is 1. The number of rotatable bonds is 4. The molecular formula is C11H19NO3. The minimum atomic E-state index is -0.431. The molecule has 0 aromatic carbocycles. The van der Waals surface area contributed by atoms with Gasteiger partial charge in [-0.3, -0.25) is 4.79 Å². The van der Waals surface area contributed by atoms with Gasteiger partial charge in [0.1, 0.15) is 6.04 Å². The Balaban J connectivity index is 2.60. The smallest absolute Gasteiger partial charge is 0.328 e. The van der Waals surface area contributed by atoms with Crippen LogP contribution in [0.5, 0.6) is 0 Å². The Bertz CT molecular complexity index is 250. The van der Waals surface area contributed by atoms with Crippen LogP contribution in [0.15, 0.2) is 0 Å². The zero-order valence-corrected chi connectivity index (χ0v) is 9.58. The highest BCUT2D eigenvalue weighted by molar-refractivity contribution is 5.88. The van der Waals surface area contributed by atoms with Crippen molar-refractivity contribution in [3.8, 4) is 0 Å². The third kappa shape index (κ3) is 3.22. The van der Waals surface area contributed by atoms with E-state index in [4.69, 9.17) is 4.74 Å². The highest BCUT2D eigenvalue weighted by Crippen LogP contribution is 2.24. The molecule has 4 heteroatoms. The van der Waals surface area contributed by atoms with E-state index in [1.54, 1.807) is 6.92 Å². The van der Waals surface area contributed by atoms with E-state index >= 15 is 0 Å². The van der Waals surface area contributed by atoms with E-state index in [0.717, 1.165) is 6.42 Å². The molecular weight excluding hydrogens is 194 g/mol. The van der Waals surface area contributed by atoms with Crippen LogP contribution in [0.2, 0.25) is 0 Å². The Morgan fingerprint density at radius 2 is 2.27 bits per heavy atom. The lowest BCUT2D eigenvalue weighted by Crippen LogP contribution is -2.38. The summed E-state index contributed by atoms with van der Waals surface area (Å²) in [5.74, 6) is 0.240. The molecule has 4 nitrogen and oxygen atoms in total. The van der Waals surface area contributed by atoms with Crippen molar-refractivity contribution in [2.45, 2.75) is 39.7 Å². The first-order valence-corrected chi connectivity index (χ1v) is 5.50. The van der Waals surface area contributed by atoms with Crippen LogP contribution in [0.4, 0.5) is 0 Å². The first kappa shape index (κ1) is 12.0. The molecule has 1 aliphatic rings. The zero-order chi connectivity index (χ0) is 11.4. The van der Waals surface area contributed by atoms with Crippen molar-refractivity contribution >= 4 is 11.9 Å². The van der Waals surface area contributed by atoms with Crippen LogP contribution in [0, 0.1) is 11.8 Å². The maximum atomic E-state index is 11.5. The van der Waals surface area contributed by atoms with Crippen LogP contribution < -0.4 is 5.32 Å². The van der Waals surface area contributed by atoms with E-state index in [2.05, 4.69) is 19.2 Å². The molecule has 1 N–H and O–H groups in total. The quantitative estimate of drug-likeness (QED) is 0.711. The van der Waals surface area contributed by atoms with Gasteiger partial charge in [-0.05, 0) is 25.2 Å². The second-order valence-electron chi connectivity index (χ2n) is 4.39. The second-order valence-corrected chi connectivity index (χ2v) is 4.39. The fourth-order valence-corrected chi connectivity index (χ4v) is 2.01. The van der Waals surface area contributed by atoms with Gasteiger partial charge in [0.05, 0.1) is 6.61 Å². The summed E-state index contributed by atoms with van der Waals surface area (Å²) in [6.07, 6.45) is 1.32. The van der Waals surface area contributed by atoms with E-state index in [1.807, 2.05) is 0 Å². The highest BCUT2D eigenvalue weighted by Gasteiger charge is 2.38. The number of carbonyl (C=O) groups excluding carboxylic acids is 2. The summed E-state index contributed by atoms with van der Waals surface area (Å²) < 4.78 is 4.93. The lowest BCUT2D eigenvalue weighted by Gasteiger charge is -2.18. The summed E-state index contributed by atoms with van der Waals surface area (Å²) in [6.45, 7) is 6.31. The van der Waals surface area contributed by atoms with Gasteiger partial charge in [-0.25, -0.2) is 4.79 Å². The molecule has 0 aliphatic carbocycles. The Kier molecular flexibility index (Phi) is 4.12. The summed E-state index contributed by atoms with van der Waals surface area (Å²) in [5, 5.41) is 2.68. The molecule has 1 aliphatic heterocycles. The lowest BCUT2D eigenvalue weighted by atomic mass is 9.91. The van der Waals surface area contributed by atoms with Crippen molar-refractivity contribution in [2.75, 3.05) is 6.61 Å². The zero-order valence-electron chi connectivity index (χ0n) is 9.58. The summed E-state index contributed by atoms with van der Waals surface area (Å²) in [5.41, 5.74) is 0. The van der Waals surface area contributed by atoms with Gasteiger partial charge in [-0.1, -0.05) is 13.8 Å². The summed E-state index contributed by atoms with van der Waals surface area (Å²) in [4.78, 5) is 22.8. The monoisotopic (exact) mass is 213 g/mol. The molecule has 86 valence electrons. The second kappa shape index (κ2) is 5.14. The first-order chi connectivity index (χ1) is 7.04. The van der Waals surface area contributed by atoms with Crippen molar-refractivity contribution in [3.05, 3.63) is 0 Å². The molecule has 1 fully saturated rings. The van der Waals surface area contributed by atoms with E-state index < -0.39 is 6.04 Å². The molecule has 2 unspecified atom stereocenters. The molecule has 1 heterocycles. The molecule has 0 spiro atoms. The molecule has 15 heavy (non-hydrogen) atoms. The summed E-state index contributed by atoms with van der Waals surface area (Å²) in [7, 11) is 0. The topological polar surface area (TPSA) is 55.4 Å². The SMILES string of the molecule is CCOC(=O)C1NC(=O)CC1CC(C)C. The van der Waals surface area contributed by atoms with E-state index in [9.17, 15) is 9.59 Å². The molecule has 1 rings (SSSR count). The largest absolute Gasteiger partial charge is 0.464 e.